The minimum Gasteiger partial charge on any atom is -0.298 e. The number of carbonyl (C=O) groups excluding carboxylic acids is 1. The molecule has 0 aliphatic rings. The van der Waals surface area contributed by atoms with Gasteiger partial charge in [0.2, 0.25) is 6.54 Å². The maximum Gasteiger partial charge on any atom is 0.317 e. The number of nitrogens with one attached hydrogen (secondary N) is 2. The zero-order valence-corrected chi connectivity index (χ0v) is 13.9. The Morgan fingerprint density at radius 1 is 1.16 bits per heavy atom. The molecule has 25 heavy (non-hydrogen) atoms. The molecule has 0 unspecified atom stereocenters. The summed E-state index contributed by atoms with van der Waals surface area (Å²) < 4.78 is 26.5. The van der Waals surface area contributed by atoms with E-state index in [2.05, 4.69) is 17.3 Å². The van der Waals surface area contributed by atoms with E-state index in [1.807, 2.05) is 53.6 Å². The number of nitrogens with zero attached hydrogens (tertiary/aromatic N) is 1. The number of para-hydroxylation sites is 1. The molecule has 6 heteroatoms. The Morgan fingerprint density at radius 3 is 2.56 bits per heavy atom. The second kappa shape index (κ2) is 9.38. The van der Waals surface area contributed by atoms with Crippen LogP contribution in [-0.4, -0.2) is 12.3 Å². The molecule has 0 bridgehead atoms. The fraction of sp³-hybridized carbons (Fsp3) is 0.263. The highest BCUT2D eigenvalue weighted by atomic mass is 19.3. The molecule has 1 amide bonds. The monoisotopic (exact) mass is 344 g/mol. The molecule has 1 heterocycles. The smallest absolute Gasteiger partial charge is 0.298 e. The van der Waals surface area contributed by atoms with E-state index in [1.54, 1.807) is 12.1 Å². The third-order valence-corrected chi connectivity index (χ3v) is 3.62. The van der Waals surface area contributed by atoms with E-state index >= 15 is 0 Å². The van der Waals surface area contributed by atoms with Crippen LogP contribution in [0.3, 0.4) is 0 Å². The van der Waals surface area contributed by atoms with E-state index in [9.17, 15) is 13.6 Å². The van der Waals surface area contributed by atoms with Crippen molar-refractivity contribution in [2.24, 2.45) is 0 Å². The van der Waals surface area contributed by atoms with Crippen LogP contribution in [0.5, 0.6) is 0 Å². The Labute approximate surface area is 145 Å². The molecule has 2 N–H and O–H groups in total. The largest absolute Gasteiger partial charge is 0.317 e. The molecule has 0 aliphatic carbocycles. The molecular formula is C19H20F2N3O+. The summed E-state index contributed by atoms with van der Waals surface area (Å²) >= 11 is 0. The molecule has 0 radical (unpaired) electrons. The van der Waals surface area contributed by atoms with Crippen LogP contribution in [-0.2, 0) is 24.2 Å². The summed E-state index contributed by atoms with van der Waals surface area (Å²) in [6, 6.07) is 11.4. The van der Waals surface area contributed by atoms with Gasteiger partial charge in [-0.2, -0.15) is 13.3 Å². The van der Waals surface area contributed by atoms with Crippen LogP contribution >= 0.6 is 0 Å². The Bertz CT molecular complexity index is 764. The Kier molecular flexibility index (Phi) is 6.90. The van der Waals surface area contributed by atoms with Gasteiger partial charge in [0.1, 0.15) is 0 Å². The number of carbonyl (C=O) groups is 1. The third kappa shape index (κ3) is 5.88. The van der Waals surface area contributed by atoms with Gasteiger partial charge >= 0.3 is 12.3 Å². The average molecular weight is 344 g/mol. The molecule has 0 aliphatic heterocycles. The first-order chi connectivity index (χ1) is 12.1. The number of hydrazine groups is 1. The lowest BCUT2D eigenvalue weighted by atomic mass is 10.0. The second-order valence-electron chi connectivity index (χ2n) is 5.38. The van der Waals surface area contributed by atoms with Gasteiger partial charge in [0.05, 0.1) is 5.69 Å². The summed E-state index contributed by atoms with van der Waals surface area (Å²) in [6.45, 7) is 2.47. The maximum atomic E-state index is 12.2. The van der Waals surface area contributed by atoms with Crippen molar-refractivity contribution in [3.05, 3.63) is 59.9 Å². The predicted octanol–water partition coefficient (Wildman–Crippen LogP) is 2.49. The Morgan fingerprint density at radius 2 is 1.88 bits per heavy atom. The van der Waals surface area contributed by atoms with Crippen LogP contribution in [0.1, 0.15) is 18.1 Å². The lowest BCUT2D eigenvalue weighted by molar-refractivity contribution is -0.684. The van der Waals surface area contributed by atoms with E-state index in [0.717, 1.165) is 17.5 Å². The zero-order chi connectivity index (χ0) is 18.1. The number of anilines is 1. The van der Waals surface area contributed by atoms with Crippen molar-refractivity contribution in [3.8, 4) is 11.8 Å². The number of amides is 1. The van der Waals surface area contributed by atoms with E-state index in [4.69, 9.17) is 0 Å². The number of hydrogen-bond donors (Lipinski definition) is 2. The summed E-state index contributed by atoms with van der Waals surface area (Å²) in [4.78, 5) is 11.0. The number of alkyl halides is 2. The highest BCUT2D eigenvalue weighted by Gasteiger charge is 2.14. The maximum absolute atomic E-state index is 12.2. The number of pyridine rings is 1. The van der Waals surface area contributed by atoms with Crippen molar-refractivity contribution in [3.63, 3.8) is 0 Å². The van der Waals surface area contributed by atoms with Crippen molar-refractivity contribution < 1.29 is 18.1 Å². The Balaban J connectivity index is 1.96. The van der Waals surface area contributed by atoms with E-state index in [1.165, 1.54) is 0 Å². The summed E-state index contributed by atoms with van der Waals surface area (Å²) in [7, 11) is 0. The molecule has 4 nitrogen and oxygen atoms in total. The van der Waals surface area contributed by atoms with Gasteiger partial charge in [-0.25, -0.2) is 0 Å². The van der Waals surface area contributed by atoms with Gasteiger partial charge < -0.3 is 0 Å². The van der Waals surface area contributed by atoms with Gasteiger partial charge in [0.25, 0.3) is 0 Å². The predicted molar refractivity (Wildman–Crippen MR) is 91.7 cm³/mol. The molecule has 1 aromatic heterocycles. The van der Waals surface area contributed by atoms with Gasteiger partial charge in [0.15, 0.2) is 12.4 Å². The van der Waals surface area contributed by atoms with Crippen LogP contribution < -0.4 is 15.4 Å². The van der Waals surface area contributed by atoms with Gasteiger partial charge in [-0.3, -0.25) is 15.6 Å². The SMILES string of the molecule is CC#CC[n+]1ccc(CCc2ccccc2NNC(=O)C(F)F)cc1. The van der Waals surface area contributed by atoms with Crippen LogP contribution in [0.4, 0.5) is 14.5 Å². The lowest BCUT2D eigenvalue weighted by Gasteiger charge is -2.12. The molecule has 0 spiro atoms. The van der Waals surface area contributed by atoms with E-state index in [-0.39, 0.29) is 0 Å². The van der Waals surface area contributed by atoms with Crippen molar-refractivity contribution in [1.82, 2.24) is 5.43 Å². The van der Waals surface area contributed by atoms with Crippen molar-refractivity contribution in [1.29, 1.82) is 0 Å². The molecule has 0 fully saturated rings. The number of aromatic nitrogens is 1. The van der Waals surface area contributed by atoms with Gasteiger partial charge in [-0.1, -0.05) is 18.2 Å². The fourth-order valence-corrected chi connectivity index (χ4v) is 2.25. The first-order valence-corrected chi connectivity index (χ1v) is 7.89. The number of rotatable bonds is 7. The highest BCUT2D eigenvalue weighted by Crippen LogP contribution is 2.16. The average Bonchev–Trinajstić information content (AvgIpc) is 2.64. The fourth-order valence-electron chi connectivity index (χ4n) is 2.25. The number of halogens is 2. The van der Waals surface area contributed by atoms with Crippen LogP contribution in [0.2, 0.25) is 0 Å². The molecule has 0 saturated heterocycles. The van der Waals surface area contributed by atoms with Crippen LogP contribution in [0.25, 0.3) is 0 Å². The Hall–Kier alpha value is -2.94. The van der Waals surface area contributed by atoms with Crippen molar-refractivity contribution in [2.75, 3.05) is 5.43 Å². The van der Waals surface area contributed by atoms with Crippen LogP contribution in [0.15, 0.2) is 48.8 Å². The topological polar surface area (TPSA) is 45.0 Å². The van der Waals surface area contributed by atoms with Crippen molar-refractivity contribution >= 4 is 11.6 Å². The lowest BCUT2D eigenvalue weighted by Crippen LogP contribution is -2.34. The molecule has 0 saturated carbocycles. The zero-order valence-electron chi connectivity index (χ0n) is 13.9. The summed E-state index contributed by atoms with van der Waals surface area (Å²) in [5.74, 6) is 4.50. The van der Waals surface area contributed by atoms with Gasteiger partial charge in [-0.15, -0.1) is 5.92 Å². The molecule has 0 atom stereocenters. The first-order valence-electron chi connectivity index (χ1n) is 7.89. The number of aryl methyl sites for hydroxylation is 2. The van der Waals surface area contributed by atoms with Gasteiger partial charge in [0, 0.05) is 12.1 Å². The second-order valence-corrected chi connectivity index (χ2v) is 5.38. The highest BCUT2D eigenvalue weighted by molar-refractivity contribution is 5.80. The normalized spacial score (nSPS) is 10.1. The summed E-state index contributed by atoms with van der Waals surface area (Å²) in [5, 5.41) is 0. The minimum absolute atomic E-state index is 0.612. The standard InChI is InChI=1S/C19H19F2N3O/c1-2-3-12-24-13-10-15(11-14-24)8-9-16-6-4-5-7-17(16)22-23-19(25)18(20)21/h4-7,10-11,13-14,18,22H,8-9,12H2,1H3/p+1. The van der Waals surface area contributed by atoms with Crippen LogP contribution in [0, 0.1) is 11.8 Å². The van der Waals surface area contributed by atoms with E-state index < -0.39 is 12.3 Å². The van der Waals surface area contributed by atoms with E-state index in [0.29, 0.717) is 18.7 Å². The summed E-state index contributed by atoms with van der Waals surface area (Å²) in [6.07, 6.45) is 2.42. The molecule has 2 rings (SSSR count). The first kappa shape index (κ1) is 18.4. The number of benzene rings is 1. The van der Waals surface area contributed by atoms with Crippen molar-refractivity contribution in [2.45, 2.75) is 32.7 Å². The number of hydrogen-bond acceptors (Lipinski definition) is 2. The molecule has 130 valence electrons. The molecule has 1 aromatic carbocycles. The quantitative estimate of drug-likeness (QED) is 0.460. The summed E-state index contributed by atoms with van der Waals surface area (Å²) in [5.41, 5.74) is 7.28. The molecule has 2 aromatic rings. The minimum atomic E-state index is -3.05. The van der Waals surface area contributed by atoms with Gasteiger partial charge in [-0.05, 0) is 42.9 Å². The third-order valence-electron chi connectivity index (χ3n) is 3.62. The molecular weight excluding hydrogens is 324 g/mol.